The molecule has 1 atom stereocenters. The average molecular weight is 309 g/mol. The number of phenols is 1. The number of nitrogens with one attached hydrogen (secondary N) is 1. The highest BCUT2D eigenvalue weighted by Gasteiger charge is 2.49. The van der Waals surface area contributed by atoms with Crippen LogP contribution in [0.3, 0.4) is 0 Å². The lowest BCUT2D eigenvalue weighted by molar-refractivity contribution is -0.171. The van der Waals surface area contributed by atoms with E-state index in [9.17, 15) is 27.2 Å². The molecule has 0 saturated heterocycles. The van der Waals surface area contributed by atoms with E-state index >= 15 is 0 Å². The molecule has 0 saturated carbocycles. The zero-order valence-corrected chi connectivity index (χ0v) is 10.4. The van der Waals surface area contributed by atoms with Crippen LogP contribution in [0.2, 0.25) is 0 Å². The molecule has 0 bridgehead atoms. The SMILES string of the molecule is O=C(O)[C@@H](Cc1ccc(O)cc1)NC(=O)C(F)(F)C(F)F. The number of benzene rings is 1. The van der Waals surface area contributed by atoms with E-state index in [1.54, 1.807) is 0 Å². The summed E-state index contributed by atoms with van der Waals surface area (Å²) >= 11 is 0. The number of hydrogen-bond acceptors (Lipinski definition) is 3. The molecule has 9 heteroatoms. The Balaban J connectivity index is 2.81. The Morgan fingerprint density at radius 2 is 1.71 bits per heavy atom. The van der Waals surface area contributed by atoms with Gasteiger partial charge in [-0.05, 0) is 17.7 Å². The maximum atomic E-state index is 12.8. The van der Waals surface area contributed by atoms with Crippen molar-refractivity contribution < 1.29 is 37.4 Å². The quantitative estimate of drug-likeness (QED) is 0.693. The van der Waals surface area contributed by atoms with Crippen LogP contribution in [0.1, 0.15) is 5.56 Å². The van der Waals surface area contributed by atoms with Crippen LogP contribution in [0.25, 0.3) is 0 Å². The molecule has 0 aliphatic carbocycles. The Kier molecular flexibility index (Phi) is 5.12. The molecule has 0 aromatic heterocycles. The number of halogens is 4. The highest BCUT2D eigenvalue weighted by Crippen LogP contribution is 2.23. The van der Waals surface area contributed by atoms with Crippen molar-refractivity contribution in [3.8, 4) is 5.75 Å². The zero-order chi connectivity index (χ0) is 16.2. The number of carbonyl (C=O) groups is 2. The standard InChI is InChI=1S/C12H11F4NO4/c13-10(14)12(15,16)11(21)17-8(9(19)20)5-6-1-3-7(18)4-2-6/h1-4,8,10,18H,5H2,(H,17,21)(H,19,20)/t8-/m1/s1. The van der Waals surface area contributed by atoms with Gasteiger partial charge in [-0.1, -0.05) is 12.1 Å². The first-order valence-electron chi connectivity index (χ1n) is 5.62. The number of aliphatic carboxylic acids is 1. The number of hydrogen-bond donors (Lipinski definition) is 3. The van der Waals surface area contributed by atoms with Crippen LogP contribution in [-0.4, -0.2) is 40.5 Å². The van der Waals surface area contributed by atoms with E-state index in [0.29, 0.717) is 5.56 Å². The fraction of sp³-hybridized carbons (Fsp3) is 0.333. The van der Waals surface area contributed by atoms with E-state index in [1.165, 1.54) is 29.6 Å². The zero-order valence-electron chi connectivity index (χ0n) is 10.4. The molecular weight excluding hydrogens is 298 g/mol. The minimum absolute atomic E-state index is 0.0982. The first-order valence-corrected chi connectivity index (χ1v) is 5.62. The molecule has 1 amide bonds. The minimum atomic E-state index is -4.97. The summed E-state index contributed by atoms with van der Waals surface area (Å²) in [6, 6.07) is 3.27. The Morgan fingerprint density at radius 3 is 2.14 bits per heavy atom. The maximum absolute atomic E-state index is 12.8. The summed E-state index contributed by atoms with van der Waals surface area (Å²) in [5, 5.41) is 19.3. The van der Waals surface area contributed by atoms with Crippen LogP contribution >= 0.6 is 0 Å². The van der Waals surface area contributed by atoms with E-state index in [0.717, 1.165) is 0 Å². The van der Waals surface area contributed by atoms with Crippen molar-refractivity contribution in [2.45, 2.75) is 24.8 Å². The van der Waals surface area contributed by atoms with Gasteiger partial charge in [0.05, 0.1) is 0 Å². The van der Waals surface area contributed by atoms with Crippen molar-refractivity contribution >= 4 is 11.9 Å². The van der Waals surface area contributed by atoms with Crippen LogP contribution in [0.15, 0.2) is 24.3 Å². The van der Waals surface area contributed by atoms with E-state index in [-0.39, 0.29) is 5.75 Å². The monoisotopic (exact) mass is 309 g/mol. The van der Waals surface area contributed by atoms with Gasteiger partial charge in [-0.15, -0.1) is 0 Å². The average Bonchev–Trinajstić information content (AvgIpc) is 2.39. The van der Waals surface area contributed by atoms with E-state index in [1.807, 2.05) is 0 Å². The molecule has 1 aromatic carbocycles. The summed E-state index contributed by atoms with van der Waals surface area (Å²) in [5.74, 6) is -9.08. The van der Waals surface area contributed by atoms with Crippen LogP contribution in [0.4, 0.5) is 17.6 Å². The molecule has 0 fully saturated rings. The van der Waals surface area contributed by atoms with Crippen molar-refractivity contribution in [2.24, 2.45) is 0 Å². The smallest absolute Gasteiger partial charge is 0.383 e. The van der Waals surface area contributed by atoms with Gasteiger partial charge < -0.3 is 15.5 Å². The Labute approximate surface area is 116 Å². The molecule has 0 aliphatic rings. The summed E-state index contributed by atoms with van der Waals surface area (Å²) in [6.45, 7) is 0. The Morgan fingerprint density at radius 1 is 1.19 bits per heavy atom. The van der Waals surface area contributed by atoms with Gasteiger partial charge >= 0.3 is 18.3 Å². The second kappa shape index (κ2) is 6.42. The number of carbonyl (C=O) groups excluding carboxylic acids is 1. The Hall–Kier alpha value is -2.32. The predicted octanol–water partition coefficient (Wildman–Crippen LogP) is 1.40. The van der Waals surface area contributed by atoms with E-state index in [2.05, 4.69) is 0 Å². The lowest BCUT2D eigenvalue weighted by atomic mass is 10.1. The number of aromatic hydroxyl groups is 1. The summed E-state index contributed by atoms with van der Waals surface area (Å²) in [6.07, 6.45) is -4.64. The largest absolute Gasteiger partial charge is 0.508 e. The summed E-state index contributed by atoms with van der Waals surface area (Å²) in [5.41, 5.74) is 0.306. The fourth-order valence-corrected chi connectivity index (χ4v) is 1.42. The third-order valence-corrected chi connectivity index (χ3v) is 2.56. The predicted molar refractivity (Wildman–Crippen MR) is 62.3 cm³/mol. The van der Waals surface area contributed by atoms with Crippen LogP contribution in [0, 0.1) is 0 Å². The molecule has 0 unspecified atom stereocenters. The van der Waals surface area contributed by atoms with Gasteiger partial charge in [0.2, 0.25) is 0 Å². The first-order chi connectivity index (χ1) is 9.64. The number of rotatable bonds is 6. The number of carboxylic acids is 1. The molecule has 116 valence electrons. The fourth-order valence-electron chi connectivity index (χ4n) is 1.42. The van der Waals surface area contributed by atoms with E-state index < -0.39 is 36.7 Å². The number of phenolic OH excluding ortho intramolecular Hbond substituents is 1. The molecule has 1 rings (SSSR count). The third kappa shape index (κ3) is 4.33. The summed E-state index contributed by atoms with van der Waals surface area (Å²) < 4.78 is 49.5. The van der Waals surface area contributed by atoms with Gasteiger partial charge in [0.25, 0.3) is 5.91 Å². The molecule has 0 radical (unpaired) electrons. The van der Waals surface area contributed by atoms with Crippen LogP contribution < -0.4 is 5.32 Å². The van der Waals surface area contributed by atoms with Crippen LogP contribution in [-0.2, 0) is 16.0 Å². The maximum Gasteiger partial charge on any atom is 0.383 e. The molecule has 1 aromatic rings. The van der Waals surface area contributed by atoms with Gasteiger partial charge in [-0.2, -0.15) is 8.78 Å². The lowest BCUT2D eigenvalue weighted by Crippen LogP contribution is -2.52. The van der Waals surface area contributed by atoms with Gasteiger partial charge in [0.1, 0.15) is 11.8 Å². The molecule has 0 heterocycles. The highest BCUT2D eigenvalue weighted by molar-refractivity contribution is 5.88. The second-order valence-electron chi connectivity index (χ2n) is 4.16. The topological polar surface area (TPSA) is 86.6 Å². The van der Waals surface area contributed by atoms with Gasteiger partial charge in [-0.3, -0.25) is 4.79 Å². The molecule has 21 heavy (non-hydrogen) atoms. The normalized spacial score (nSPS) is 13.0. The van der Waals surface area contributed by atoms with Crippen molar-refractivity contribution in [2.75, 3.05) is 0 Å². The number of alkyl halides is 4. The van der Waals surface area contributed by atoms with Crippen molar-refractivity contribution in [3.63, 3.8) is 0 Å². The number of amides is 1. The molecule has 3 N–H and O–H groups in total. The molecule has 0 aliphatic heterocycles. The molecule has 5 nitrogen and oxygen atoms in total. The third-order valence-electron chi connectivity index (χ3n) is 2.56. The van der Waals surface area contributed by atoms with Crippen molar-refractivity contribution in [3.05, 3.63) is 29.8 Å². The van der Waals surface area contributed by atoms with Crippen molar-refractivity contribution in [1.29, 1.82) is 0 Å². The van der Waals surface area contributed by atoms with Crippen LogP contribution in [0.5, 0.6) is 5.75 Å². The highest BCUT2D eigenvalue weighted by atomic mass is 19.3. The van der Waals surface area contributed by atoms with Gasteiger partial charge in [0, 0.05) is 6.42 Å². The second-order valence-corrected chi connectivity index (χ2v) is 4.16. The lowest BCUT2D eigenvalue weighted by Gasteiger charge is -2.19. The van der Waals surface area contributed by atoms with E-state index in [4.69, 9.17) is 10.2 Å². The van der Waals surface area contributed by atoms with Gasteiger partial charge in [-0.25, -0.2) is 13.6 Å². The minimum Gasteiger partial charge on any atom is -0.508 e. The molecule has 0 spiro atoms. The summed E-state index contributed by atoms with van der Waals surface area (Å²) in [7, 11) is 0. The Bertz CT molecular complexity index is 518. The van der Waals surface area contributed by atoms with Gasteiger partial charge in [0.15, 0.2) is 0 Å². The molecular formula is C12H11F4NO4. The first kappa shape index (κ1) is 16.7. The number of carboxylic acid groups (broad SMARTS) is 1. The van der Waals surface area contributed by atoms with Crippen molar-refractivity contribution in [1.82, 2.24) is 5.32 Å². The summed E-state index contributed by atoms with van der Waals surface area (Å²) in [4.78, 5) is 21.9.